The minimum absolute atomic E-state index is 0.0201. The monoisotopic (exact) mass is 353 g/mol. The number of nitro groups is 2. The molecule has 26 heavy (non-hydrogen) atoms. The molecule has 2 aromatic carbocycles. The van der Waals surface area contributed by atoms with E-state index in [1.807, 2.05) is 0 Å². The molecule has 0 radical (unpaired) electrons. The summed E-state index contributed by atoms with van der Waals surface area (Å²) in [6.45, 7) is -0.708. The molecule has 0 amide bonds. The van der Waals surface area contributed by atoms with E-state index in [0.717, 1.165) is 10.7 Å². The van der Waals surface area contributed by atoms with Gasteiger partial charge in [-0.1, -0.05) is 36.4 Å². The van der Waals surface area contributed by atoms with Crippen molar-refractivity contribution >= 4 is 11.6 Å². The predicted molar refractivity (Wildman–Crippen MR) is 89.0 cm³/mol. The number of carbonyl (C=O) groups excluding carboxylic acids is 1. The van der Waals surface area contributed by atoms with Gasteiger partial charge in [-0.05, 0) is 6.07 Å². The van der Waals surface area contributed by atoms with Crippen molar-refractivity contribution in [3.63, 3.8) is 0 Å². The van der Waals surface area contributed by atoms with Crippen LogP contribution in [0, 0.1) is 20.2 Å². The molecule has 0 bridgehead atoms. The van der Waals surface area contributed by atoms with Gasteiger partial charge in [-0.15, -0.1) is 5.10 Å². The molecule has 1 aromatic heterocycles. The summed E-state index contributed by atoms with van der Waals surface area (Å²) in [7, 11) is 0. The Kier molecular flexibility index (Phi) is 4.48. The van der Waals surface area contributed by atoms with E-state index < -0.39 is 22.3 Å². The number of hydrogen-bond donors (Lipinski definition) is 0. The molecule has 1 heterocycles. The molecule has 3 rings (SSSR count). The number of nitrogens with zero attached hydrogens (tertiary/aromatic N) is 5. The van der Waals surface area contributed by atoms with Gasteiger partial charge in [-0.3, -0.25) is 25.0 Å². The van der Waals surface area contributed by atoms with Gasteiger partial charge in [0.05, 0.1) is 4.92 Å². The van der Waals surface area contributed by atoms with Gasteiger partial charge in [0.2, 0.25) is 5.82 Å². The average molecular weight is 353 g/mol. The van der Waals surface area contributed by atoms with Gasteiger partial charge in [0, 0.05) is 28.2 Å². The fraction of sp³-hybridized carbons (Fsp3) is 0.0625. The zero-order valence-corrected chi connectivity index (χ0v) is 13.2. The SMILES string of the molecule is O=C(c1cccc([N+](=O)[O-])c1)n1nc(-c2ccccc2)nc1C[N+](=O)[O-]. The highest BCUT2D eigenvalue weighted by molar-refractivity contribution is 5.96. The first-order valence-electron chi connectivity index (χ1n) is 7.38. The maximum Gasteiger partial charge on any atom is 0.280 e. The lowest BCUT2D eigenvalue weighted by Crippen LogP contribution is -2.19. The van der Waals surface area contributed by atoms with E-state index in [2.05, 4.69) is 10.1 Å². The van der Waals surface area contributed by atoms with Crippen LogP contribution in [-0.4, -0.2) is 30.5 Å². The lowest BCUT2D eigenvalue weighted by Gasteiger charge is -2.02. The number of hydrogen-bond acceptors (Lipinski definition) is 7. The quantitative estimate of drug-likeness (QED) is 0.507. The topological polar surface area (TPSA) is 134 Å². The normalized spacial score (nSPS) is 10.5. The Morgan fingerprint density at radius 3 is 2.42 bits per heavy atom. The first-order chi connectivity index (χ1) is 12.5. The maximum absolute atomic E-state index is 12.7. The molecular formula is C16H11N5O5. The van der Waals surface area contributed by atoms with Crippen LogP contribution in [-0.2, 0) is 6.54 Å². The second-order valence-corrected chi connectivity index (χ2v) is 5.23. The van der Waals surface area contributed by atoms with Crippen LogP contribution in [0.5, 0.6) is 0 Å². The highest BCUT2D eigenvalue weighted by Gasteiger charge is 2.23. The van der Waals surface area contributed by atoms with Crippen molar-refractivity contribution in [3.8, 4) is 11.4 Å². The molecule has 10 nitrogen and oxygen atoms in total. The molecule has 130 valence electrons. The second kappa shape index (κ2) is 6.89. The molecule has 0 aliphatic carbocycles. The summed E-state index contributed by atoms with van der Waals surface area (Å²) in [4.78, 5) is 37.3. The van der Waals surface area contributed by atoms with E-state index in [0.29, 0.717) is 5.56 Å². The first-order valence-corrected chi connectivity index (χ1v) is 7.38. The number of non-ortho nitro benzene ring substituents is 1. The van der Waals surface area contributed by atoms with Gasteiger partial charge < -0.3 is 0 Å². The smallest absolute Gasteiger partial charge is 0.267 e. The summed E-state index contributed by atoms with van der Waals surface area (Å²) in [5.41, 5.74) is 0.297. The third-order valence-electron chi connectivity index (χ3n) is 3.47. The summed E-state index contributed by atoms with van der Waals surface area (Å²) < 4.78 is 0.810. The Hall–Kier alpha value is -3.95. The van der Waals surface area contributed by atoms with E-state index in [4.69, 9.17) is 0 Å². The molecule has 0 aliphatic heterocycles. The van der Waals surface area contributed by atoms with Crippen LogP contribution in [0.3, 0.4) is 0 Å². The lowest BCUT2D eigenvalue weighted by molar-refractivity contribution is -0.498. The molecular weight excluding hydrogens is 342 g/mol. The minimum Gasteiger partial charge on any atom is -0.267 e. The van der Waals surface area contributed by atoms with Crippen LogP contribution in [0.4, 0.5) is 5.69 Å². The van der Waals surface area contributed by atoms with Crippen molar-refractivity contribution in [2.75, 3.05) is 0 Å². The van der Waals surface area contributed by atoms with Crippen molar-refractivity contribution in [1.29, 1.82) is 0 Å². The first kappa shape index (κ1) is 16.9. The Balaban J connectivity index is 2.06. The van der Waals surface area contributed by atoms with Gasteiger partial charge in [-0.25, -0.2) is 4.98 Å². The number of benzene rings is 2. The van der Waals surface area contributed by atoms with Crippen LogP contribution in [0.15, 0.2) is 54.6 Å². The molecule has 10 heteroatoms. The van der Waals surface area contributed by atoms with E-state index >= 15 is 0 Å². The number of aromatic nitrogens is 3. The zero-order valence-electron chi connectivity index (χ0n) is 13.2. The Labute approximate surface area is 146 Å². The van der Waals surface area contributed by atoms with Crippen molar-refractivity contribution in [1.82, 2.24) is 14.8 Å². The predicted octanol–water partition coefficient (Wildman–Crippen LogP) is 2.32. The van der Waals surface area contributed by atoms with Crippen LogP contribution >= 0.6 is 0 Å². The summed E-state index contributed by atoms with van der Waals surface area (Å²) in [5, 5.41) is 25.8. The molecule has 0 unspecified atom stereocenters. The Morgan fingerprint density at radius 2 is 1.77 bits per heavy atom. The molecule has 0 saturated carbocycles. The van der Waals surface area contributed by atoms with Gasteiger partial charge in [0.25, 0.3) is 18.1 Å². The standard InChI is InChI=1S/C16H11N5O5/c22-16(12-7-4-8-13(9-12)21(25)26)20-14(10-19(23)24)17-15(18-20)11-5-2-1-3-6-11/h1-9H,10H2. The summed E-state index contributed by atoms with van der Waals surface area (Å²) in [5.74, 6) is -0.744. The van der Waals surface area contributed by atoms with Crippen molar-refractivity contribution < 1.29 is 14.6 Å². The van der Waals surface area contributed by atoms with Crippen LogP contribution in [0.25, 0.3) is 11.4 Å². The molecule has 0 atom stereocenters. The average Bonchev–Trinajstić information content (AvgIpc) is 3.05. The van der Waals surface area contributed by atoms with Crippen molar-refractivity contribution in [2.24, 2.45) is 0 Å². The van der Waals surface area contributed by atoms with E-state index in [1.54, 1.807) is 30.3 Å². The highest BCUT2D eigenvalue weighted by Crippen LogP contribution is 2.18. The Bertz CT molecular complexity index is 999. The molecule has 0 spiro atoms. The highest BCUT2D eigenvalue weighted by atomic mass is 16.6. The second-order valence-electron chi connectivity index (χ2n) is 5.23. The van der Waals surface area contributed by atoms with E-state index in [-0.39, 0.29) is 22.9 Å². The van der Waals surface area contributed by atoms with Gasteiger partial charge >= 0.3 is 0 Å². The third-order valence-corrected chi connectivity index (χ3v) is 3.47. The molecule has 0 N–H and O–H groups in total. The zero-order chi connectivity index (χ0) is 18.7. The van der Waals surface area contributed by atoms with Crippen molar-refractivity contribution in [3.05, 3.63) is 86.2 Å². The molecule has 0 saturated heterocycles. The molecule has 3 aromatic rings. The van der Waals surface area contributed by atoms with Crippen LogP contribution in [0.2, 0.25) is 0 Å². The number of carbonyl (C=O) groups is 1. The van der Waals surface area contributed by atoms with E-state index in [9.17, 15) is 25.0 Å². The molecule has 0 fully saturated rings. The fourth-order valence-corrected chi connectivity index (χ4v) is 2.31. The summed E-state index contributed by atoms with van der Waals surface area (Å²) in [6.07, 6.45) is 0. The van der Waals surface area contributed by atoms with E-state index in [1.165, 1.54) is 18.2 Å². The van der Waals surface area contributed by atoms with Gasteiger partial charge in [-0.2, -0.15) is 4.68 Å². The van der Waals surface area contributed by atoms with Gasteiger partial charge in [0.15, 0.2) is 5.82 Å². The summed E-state index contributed by atoms with van der Waals surface area (Å²) >= 11 is 0. The van der Waals surface area contributed by atoms with Crippen LogP contribution < -0.4 is 0 Å². The fourth-order valence-electron chi connectivity index (χ4n) is 2.31. The lowest BCUT2D eigenvalue weighted by atomic mass is 10.2. The Morgan fingerprint density at radius 1 is 1.04 bits per heavy atom. The van der Waals surface area contributed by atoms with Gasteiger partial charge in [0.1, 0.15) is 0 Å². The number of nitro benzene ring substituents is 1. The maximum atomic E-state index is 12.7. The minimum atomic E-state index is -0.736. The number of rotatable bonds is 5. The molecule has 0 aliphatic rings. The summed E-state index contributed by atoms with van der Waals surface area (Å²) in [6, 6.07) is 13.7. The van der Waals surface area contributed by atoms with Crippen molar-refractivity contribution in [2.45, 2.75) is 6.54 Å². The largest absolute Gasteiger partial charge is 0.280 e. The third kappa shape index (κ3) is 3.43. The van der Waals surface area contributed by atoms with Crippen LogP contribution in [0.1, 0.15) is 16.2 Å².